The number of aliphatic hydroxyl groups excluding tert-OH is 1. The van der Waals surface area contributed by atoms with Crippen LogP contribution in [-0.4, -0.2) is 47.7 Å². The highest BCUT2D eigenvalue weighted by atomic mass is 16.2. The second-order valence-electron chi connectivity index (χ2n) is 7.44. The predicted octanol–water partition coefficient (Wildman–Crippen LogP) is 2.02. The van der Waals surface area contributed by atoms with Crippen LogP contribution < -0.4 is 5.32 Å². The molecule has 1 heterocycles. The zero-order chi connectivity index (χ0) is 15.3. The molecule has 1 aliphatic heterocycles. The van der Waals surface area contributed by atoms with E-state index in [1.807, 2.05) is 20.8 Å². The summed E-state index contributed by atoms with van der Waals surface area (Å²) in [4.78, 5) is 14.6. The van der Waals surface area contributed by atoms with Crippen molar-refractivity contribution in [2.24, 2.45) is 11.3 Å². The fourth-order valence-corrected chi connectivity index (χ4v) is 2.76. The number of amides is 1. The van der Waals surface area contributed by atoms with Crippen LogP contribution in [0, 0.1) is 11.3 Å². The first-order chi connectivity index (χ1) is 9.24. The molecule has 2 N–H and O–H groups in total. The van der Waals surface area contributed by atoms with Crippen molar-refractivity contribution >= 4 is 5.91 Å². The lowest BCUT2D eigenvalue weighted by molar-refractivity contribution is -0.129. The minimum absolute atomic E-state index is 0.133. The standard InChI is InChI=1S/C16H32N2O2/c1-12(2)18-10-13(7-6-8-19)9-14(11-18)17-15(20)16(3,4)5/h12-14,19H,6-11H2,1-5H3,(H,17,20). The zero-order valence-corrected chi connectivity index (χ0v) is 13.8. The molecule has 4 nitrogen and oxygen atoms in total. The molecule has 4 heteroatoms. The van der Waals surface area contributed by atoms with Gasteiger partial charge in [-0.2, -0.15) is 0 Å². The molecule has 1 rings (SSSR count). The van der Waals surface area contributed by atoms with E-state index in [1.165, 1.54) is 0 Å². The van der Waals surface area contributed by atoms with Crippen molar-refractivity contribution in [2.75, 3.05) is 19.7 Å². The van der Waals surface area contributed by atoms with E-state index in [4.69, 9.17) is 5.11 Å². The van der Waals surface area contributed by atoms with E-state index in [2.05, 4.69) is 24.1 Å². The molecule has 0 saturated carbocycles. The molecule has 2 unspecified atom stereocenters. The average molecular weight is 284 g/mol. The number of carbonyl (C=O) groups is 1. The van der Waals surface area contributed by atoms with Gasteiger partial charge in [-0.3, -0.25) is 9.69 Å². The van der Waals surface area contributed by atoms with Gasteiger partial charge in [-0.1, -0.05) is 20.8 Å². The largest absolute Gasteiger partial charge is 0.396 e. The second kappa shape index (κ2) is 7.41. The maximum Gasteiger partial charge on any atom is 0.225 e. The van der Waals surface area contributed by atoms with Crippen LogP contribution >= 0.6 is 0 Å². The molecule has 20 heavy (non-hydrogen) atoms. The SMILES string of the molecule is CC(C)N1CC(CCCO)CC(NC(=O)C(C)(C)C)C1. The van der Waals surface area contributed by atoms with Crippen LogP contribution in [0.15, 0.2) is 0 Å². The number of carbonyl (C=O) groups excluding carboxylic acids is 1. The van der Waals surface area contributed by atoms with Crippen LogP contribution in [0.4, 0.5) is 0 Å². The third-order valence-corrected chi connectivity index (χ3v) is 4.08. The Morgan fingerprint density at radius 1 is 1.35 bits per heavy atom. The van der Waals surface area contributed by atoms with Gasteiger partial charge in [-0.05, 0) is 39.0 Å². The number of hydrogen-bond acceptors (Lipinski definition) is 3. The van der Waals surface area contributed by atoms with Gasteiger partial charge in [0.15, 0.2) is 0 Å². The van der Waals surface area contributed by atoms with Crippen LogP contribution in [-0.2, 0) is 4.79 Å². The van der Waals surface area contributed by atoms with E-state index >= 15 is 0 Å². The zero-order valence-electron chi connectivity index (χ0n) is 13.8. The fraction of sp³-hybridized carbons (Fsp3) is 0.938. The van der Waals surface area contributed by atoms with Gasteiger partial charge < -0.3 is 10.4 Å². The van der Waals surface area contributed by atoms with Gasteiger partial charge in [0.05, 0.1) is 0 Å². The third kappa shape index (κ3) is 5.41. The van der Waals surface area contributed by atoms with Gasteiger partial charge in [0.25, 0.3) is 0 Å². The van der Waals surface area contributed by atoms with E-state index in [0.717, 1.165) is 32.4 Å². The normalized spacial score (nSPS) is 24.9. The highest BCUT2D eigenvalue weighted by molar-refractivity contribution is 5.81. The molecule has 0 aromatic heterocycles. The van der Waals surface area contributed by atoms with E-state index in [9.17, 15) is 4.79 Å². The number of nitrogens with zero attached hydrogens (tertiary/aromatic N) is 1. The number of nitrogens with one attached hydrogen (secondary N) is 1. The van der Waals surface area contributed by atoms with E-state index in [0.29, 0.717) is 12.0 Å². The fourth-order valence-electron chi connectivity index (χ4n) is 2.76. The third-order valence-electron chi connectivity index (χ3n) is 4.08. The molecule has 2 atom stereocenters. The Balaban J connectivity index is 2.62. The molecule has 0 bridgehead atoms. The number of rotatable bonds is 5. The number of piperidine rings is 1. The Bertz CT molecular complexity index is 310. The summed E-state index contributed by atoms with van der Waals surface area (Å²) >= 11 is 0. The lowest BCUT2D eigenvalue weighted by Gasteiger charge is -2.41. The van der Waals surface area contributed by atoms with Crippen molar-refractivity contribution < 1.29 is 9.90 Å². The Labute approximate surface area is 123 Å². The minimum atomic E-state index is -0.333. The Kier molecular flexibility index (Phi) is 6.46. The maximum atomic E-state index is 12.2. The summed E-state index contributed by atoms with van der Waals surface area (Å²) in [5, 5.41) is 12.2. The van der Waals surface area contributed by atoms with Gasteiger partial charge in [-0.25, -0.2) is 0 Å². The first-order valence-corrected chi connectivity index (χ1v) is 7.90. The lowest BCUT2D eigenvalue weighted by atomic mass is 9.88. The van der Waals surface area contributed by atoms with Gasteiger partial charge >= 0.3 is 0 Å². The first-order valence-electron chi connectivity index (χ1n) is 7.90. The van der Waals surface area contributed by atoms with Gasteiger partial charge in [-0.15, -0.1) is 0 Å². The smallest absolute Gasteiger partial charge is 0.225 e. The van der Waals surface area contributed by atoms with Crippen LogP contribution in [0.2, 0.25) is 0 Å². The molecule has 1 amide bonds. The lowest BCUT2D eigenvalue weighted by Crippen LogP contribution is -2.54. The monoisotopic (exact) mass is 284 g/mol. The molecule has 0 aromatic carbocycles. The molecule has 118 valence electrons. The summed E-state index contributed by atoms with van der Waals surface area (Å²) in [6, 6.07) is 0.738. The summed E-state index contributed by atoms with van der Waals surface area (Å²) in [7, 11) is 0. The van der Waals surface area contributed by atoms with Gasteiger partial charge in [0.2, 0.25) is 5.91 Å². The summed E-state index contributed by atoms with van der Waals surface area (Å²) in [6.07, 6.45) is 2.93. The highest BCUT2D eigenvalue weighted by Crippen LogP contribution is 2.24. The van der Waals surface area contributed by atoms with Crippen molar-refractivity contribution in [1.29, 1.82) is 0 Å². The highest BCUT2D eigenvalue weighted by Gasteiger charge is 2.31. The van der Waals surface area contributed by atoms with Gasteiger partial charge in [0.1, 0.15) is 0 Å². The molecule has 0 spiro atoms. The average Bonchev–Trinajstić information content (AvgIpc) is 2.34. The van der Waals surface area contributed by atoms with Crippen LogP contribution in [0.3, 0.4) is 0 Å². The Morgan fingerprint density at radius 2 is 2.00 bits per heavy atom. The summed E-state index contributed by atoms with van der Waals surface area (Å²) in [6.45, 7) is 12.6. The van der Waals surface area contributed by atoms with E-state index in [1.54, 1.807) is 0 Å². The molecule has 1 aliphatic rings. The summed E-state index contributed by atoms with van der Waals surface area (Å²) < 4.78 is 0. The second-order valence-corrected chi connectivity index (χ2v) is 7.44. The van der Waals surface area contributed by atoms with Crippen molar-refractivity contribution in [2.45, 2.75) is 66.0 Å². The quantitative estimate of drug-likeness (QED) is 0.812. The molecular weight excluding hydrogens is 252 g/mol. The maximum absolute atomic E-state index is 12.2. The molecule has 0 aliphatic carbocycles. The molecule has 1 fully saturated rings. The van der Waals surface area contributed by atoms with Crippen molar-refractivity contribution in [3.63, 3.8) is 0 Å². The van der Waals surface area contributed by atoms with E-state index in [-0.39, 0.29) is 24.0 Å². The van der Waals surface area contributed by atoms with Crippen LogP contribution in [0.1, 0.15) is 53.9 Å². The van der Waals surface area contributed by atoms with Crippen LogP contribution in [0.25, 0.3) is 0 Å². The van der Waals surface area contributed by atoms with Crippen molar-refractivity contribution in [3.8, 4) is 0 Å². The molecule has 1 saturated heterocycles. The Morgan fingerprint density at radius 3 is 2.50 bits per heavy atom. The number of hydrogen-bond donors (Lipinski definition) is 2. The van der Waals surface area contributed by atoms with Crippen molar-refractivity contribution in [3.05, 3.63) is 0 Å². The number of aliphatic hydroxyl groups is 1. The van der Waals surface area contributed by atoms with Gasteiger partial charge in [0, 0.05) is 37.2 Å². The topological polar surface area (TPSA) is 52.6 Å². The molecule has 0 aromatic rings. The van der Waals surface area contributed by atoms with Crippen LogP contribution in [0.5, 0.6) is 0 Å². The minimum Gasteiger partial charge on any atom is -0.396 e. The van der Waals surface area contributed by atoms with Crippen molar-refractivity contribution in [1.82, 2.24) is 10.2 Å². The molecule has 0 radical (unpaired) electrons. The first kappa shape index (κ1) is 17.4. The van der Waals surface area contributed by atoms with E-state index < -0.39 is 0 Å². The molecular formula is C16H32N2O2. The summed E-state index contributed by atoms with van der Waals surface area (Å²) in [5.41, 5.74) is -0.333. The Hall–Kier alpha value is -0.610. The summed E-state index contributed by atoms with van der Waals surface area (Å²) in [5.74, 6) is 0.706. The predicted molar refractivity (Wildman–Crippen MR) is 82.5 cm³/mol. The number of likely N-dealkylation sites (tertiary alicyclic amines) is 1.